The quantitative estimate of drug-likeness (QED) is 0.818. The third kappa shape index (κ3) is 1.91. The minimum Gasteiger partial charge on any atom is -0.504 e. The number of methoxy groups -OCH3 is 1. The van der Waals surface area contributed by atoms with Crippen LogP contribution in [0.5, 0.6) is 11.5 Å². The van der Waals surface area contributed by atoms with Gasteiger partial charge in [-0.05, 0) is 12.1 Å². The van der Waals surface area contributed by atoms with Crippen LogP contribution in [0, 0.1) is 0 Å². The smallest absolute Gasteiger partial charge is 0.163 e. The van der Waals surface area contributed by atoms with E-state index in [1.807, 2.05) is 0 Å². The molecule has 0 amide bonds. The predicted molar refractivity (Wildman–Crippen MR) is 59.5 cm³/mol. The number of hydrogen-bond acceptors (Lipinski definition) is 3. The Kier molecular flexibility index (Phi) is 3.55. The summed E-state index contributed by atoms with van der Waals surface area (Å²) in [6.07, 6.45) is 1.55. The highest BCUT2D eigenvalue weighted by molar-refractivity contribution is 9.10. The summed E-state index contributed by atoms with van der Waals surface area (Å²) in [4.78, 5) is 0. The first-order valence-corrected chi connectivity index (χ1v) is 4.84. The van der Waals surface area contributed by atoms with Crippen LogP contribution in [0.2, 0.25) is 0 Å². The van der Waals surface area contributed by atoms with Gasteiger partial charge in [0.15, 0.2) is 11.5 Å². The number of phenols is 1. The number of ether oxygens (including phenoxy) is 1. The molecule has 0 aromatic heterocycles. The van der Waals surface area contributed by atoms with E-state index in [1.54, 1.807) is 18.2 Å². The largest absolute Gasteiger partial charge is 0.504 e. The fourth-order valence-electron chi connectivity index (χ4n) is 1.16. The molecule has 0 aliphatic rings. The molecule has 76 valence electrons. The Balaban J connectivity index is 3.31. The monoisotopic (exact) mass is 257 g/mol. The van der Waals surface area contributed by atoms with Crippen molar-refractivity contribution in [2.24, 2.45) is 5.73 Å². The molecule has 0 radical (unpaired) electrons. The number of rotatable bonds is 3. The standard InChI is InChI=1S/C10H12BrNO2/c1-3-7(12)9-6(11)4-5-8(14-2)10(9)13/h3-5,7,13H,1,12H2,2H3. The van der Waals surface area contributed by atoms with E-state index in [0.29, 0.717) is 11.3 Å². The average molecular weight is 258 g/mol. The first-order valence-electron chi connectivity index (χ1n) is 4.05. The van der Waals surface area contributed by atoms with Gasteiger partial charge in [0.05, 0.1) is 13.2 Å². The summed E-state index contributed by atoms with van der Waals surface area (Å²) >= 11 is 3.31. The van der Waals surface area contributed by atoms with Crippen molar-refractivity contribution in [2.45, 2.75) is 6.04 Å². The second-order valence-corrected chi connectivity index (χ2v) is 3.63. The molecule has 0 bridgehead atoms. The Labute approximate surface area is 91.3 Å². The summed E-state index contributed by atoms with van der Waals surface area (Å²) in [6.45, 7) is 3.58. The van der Waals surface area contributed by atoms with Crippen LogP contribution in [0.3, 0.4) is 0 Å². The van der Waals surface area contributed by atoms with E-state index >= 15 is 0 Å². The predicted octanol–water partition coefficient (Wildman–Crippen LogP) is 2.35. The van der Waals surface area contributed by atoms with Crippen molar-refractivity contribution in [1.82, 2.24) is 0 Å². The molecule has 0 saturated carbocycles. The Bertz CT molecular complexity index is 352. The zero-order valence-corrected chi connectivity index (χ0v) is 9.41. The van der Waals surface area contributed by atoms with Gasteiger partial charge in [-0.2, -0.15) is 0 Å². The lowest BCUT2D eigenvalue weighted by atomic mass is 10.1. The van der Waals surface area contributed by atoms with Crippen LogP contribution in [0.15, 0.2) is 29.3 Å². The van der Waals surface area contributed by atoms with Gasteiger partial charge in [-0.25, -0.2) is 0 Å². The fourth-order valence-corrected chi connectivity index (χ4v) is 1.75. The van der Waals surface area contributed by atoms with Crippen LogP contribution in [-0.2, 0) is 0 Å². The topological polar surface area (TPSA) is 55.5 Å². The molecule has 1 aromatic rings. The van der Waals surface area contributed by atoms with Crippen LogP contribution in [0.4, 0.5) is 0 Å². The number of benzene rings is 1. The molecule has 0 heterocycles. The minimum absolute atomic E-state index is 0.0503. The van der Waals surface area contributed by atoms with Crippen LogP contribution in [0.1, 0.15) is 11.6 Å². The number of hydrogen-bond donors (Lipinski definition) is 2. The number of aromatic hydroxyl groups is 1. The first-order chi connectivity index (χ1) is 6.61. The van der Waals surface area contributed by atoms with E-state index in [4.69, 9.17) is 10.5 Å². The molecular formula is C10H12BrNO2. The van der Waals surface area contributed by atoms with E-state index in [0.717, 1.165) is 4.47 Å². The van der Waals surface area contributed by atoms with Gasteiger partial charge in [-0.3, -0.25) is 0 Å². The lowest BCUT2D eigenvalue weighted by Crippen LogP contribution is -2.08. The molecule has 1 aromatic carbocycles. The summed E-state index contributed by atoms with van der Waals surface area (Å²) < 4.78 is 5.71. The lowest BCUT2D eigenvalue weighted by molar-refractivity contribution is 0.369. The third-order valence-electron chi connectivity index (χ3n) is 1.93. The second-order valence-electron chi connectivity index (χ2n) is 2.77. The van der Waals surface area contributed by atoms with Crippen LogP contribution < -0.4 is 10.5 Å². The van der Waals surface area contributed by atoms with Gasteiger partial charge in [-0.15, -0.1) is 6.58 Å². The summed E-state index contributed by atoms with van der Waals surface area (Å²) in [6, 6.07) is 3.02. The van der Waals surface area contributed by atoms with Crippen molar-refractivity contribution in [3.63, 3.8) is 0 Å². The van der Waals surface area contributed by atoms with Crippen LogP contribution >= 0.6 is 15.9 Å². The van der Waals surface area contributed by atoms with E-state index in [9.17, 15) is 5.11 Å². The number of halogens is 1. The molecule has 0 saturated heterocycles. The average Bonchev–Trinajstić information content (AvgIpc) is 2.18. The van der Waals surface area contributed by atoms with Crippen LogP contribution in [0.25, 0.3) is 0 Å². The van der Waals surface area contributed by atoms with Gasteiger partial charge < -0.3 is 15.6 Å². The molecule has 0 aliphatic heterocycles. The van der Waals surface area contributed by atoms with Crippen molar-refractivity contribution < 1.29 is 9.84 Å². The second kappa shape index (κ2) is 4.48. The van der Waals surface area contributed by atoms with Crippen molar-refractivity contribution >= 4 is 15.9 Å². The van der Waals surface area contributed by atoms with Crippen molar-refractivity contribution in [1.29, 1.82) is 0 Å². The Morgan fingerprint density at radius 2 is 2.29 bits per heavy atom. The first kappa shape index (κ1) is 11.1. The molecule has 3 N–H and O–H groups in total. The highest BCUT2D eigenvalue weighted by Gasteiger charge is 2.15. The zero-order chi connectivity index (χ0) is 10.7. The highest BCUT2D eigenvalue weighted by atomic mass is 79.9. The van der Waals surface area contributed by atoms with Gasteiger partial charge in [0, 0.05) is 10.0 Å². The van der Waals surface area contributed by atoms with E-state index in [1.165, 1.54) is 7.11 Å². The molecule has 4 heteroatoms. The molecule has 14 heavy (non-hydrogen) atoms. The molecule has 0 spiro atoms. The maximum atomic E-state index is 9.79. The Morgan fingerprint density at radius 3 is 2.79 bits per heavy atom. The van der Waals surface area contributed by atoms with E-state index in [-0.39, 0.29) is 5.75 Å². The van der Waals surface area contributed by atoms with Crippen molar-refractivity contribution in [3.8, 4) is 11.5 Å². The number of nitrogens with two attached hydrogens (primary N) is 1. The van der Waals surface area contributed by atoms with E-state index in [2.05, 4.69) is 22.5 Å². The highest BCUT2D eigenvalue weighted by Crippen LogP contribution is 2.38. The lowest BCUT2D eigenvalue weighted by Gasteiger charge is -2.14. The molecule has 1 rings (SSSR count). The SMILES string of the molecule is C=CC(N)c1c(Br)ccc(OC)c1O. The molecule has 1 unspecified atom stereocenters. The maximum absolute atomic E-state index is 9.79. The molecule has 1 atom stereocenters. The number of phenolic OH excluding ortho intramolecular Hbond substituents is 1. The normalized spacial score (nSPS) is 12.2. The Morgan fingerprint density at radius 1 is 1.64 bits per heavy atom. The molecule has 0 fully saturated rings. The molecule has 3 nitrogen and oxygen atoms in total. The van der Waals surface area contributed by atoms with Gasteiger partial charge in [-0.1, -0.05) is 22.0 Å². The third-order valence-corrected chi connectivity index (χ3v) is 2.63. The Hall–Kier alpha value is -1.00. The summed E-state index contributed by atoms with van der Waals surface area (Å²) in [5.41, 5.74) is 6.34. The van der Waals surface area contributed by atoms with Gasteiger partial charge in [0.1, 0.15) is 0 Å². The summed E-state index contributed by atoms with van der Waals surface area (Å²) in [5, 5.41) is 9.79. The van der Waals surface area contributed by atoms with E-state index < -0.39 is 6.04 Å². The van der Waals surface area contributed by atoms with Gasteiger partial charge in [0.25, 0.3) is 0 Å². The minimum atomic E-state index is -0.417. The summed E-state index contributed by atoms with van der Waals surface area (Å²) in [5.74, 6) is 0.453. The maximum Gasteiger partial charge on any atom is 0.163 e. The fraction of sp³-hybridized carbons (Fsp3) is 0.200. The van der Waals surface area contributed by atoms with Crippen molar-refractivity contribution in [3.05, 3.63) is 34.8 Å². The van der Waals surface area contributed by atoms with Gasteiger partial charge in [0.2, 0.25) is 0 Å². The van der Waals surface area contributed by atoms with Gasteiger partial charge >= 0.3 is 0 Å². The van der Waals surface area contributed by atoms with Crippen molar-refractivity contribution in [2.75, 3.05) is 7.11 Å². The zero-order valence-electron chi connectivity index (χ0n) is 7.83. The van der Waals surface area contributed by atoms with Crippen LogP contribution in [-0.4, -0.2) is 12.2 Å². The molecular weight excluding hydrogens is 246 g/mol. The summed E-state index contributed by atoms with van der Waals surface area (Å²) in [7, 11) is 1.49. The molecule has 0 aliphatic carbocycles.